The fraction of sp³-hybridized carbons (Fsp3) is 0.800. The van der Waals surface area contributed by atoms with E-state index < -0.39 is 0 Å². The van der Waals surface area contributed by atoms with Gasteiger partial charge in [-0.25, -0.2) is 0 Å². The van der Waals surface area contributed by atoms with E-state index in [0.717, 1.165) is 13.3 Å². The summed E-state index contributed by atoms with van der Waals surface area (Å²) in [7, 11) is 4.27. The predicted molar refractivity (Wildman–Crippen MR) is 103 cm³/mol. The van der Waals surface area contributed by atoms with Crippen LogP contribution in [0.5, 0.6) is 0 Å². The highest BCUT2D eigenvalue weighted by Gasteiger charge is 2.07. The van der Waals surface area contributed by atoms with Crippen molar-refractivity contribution in [3.05, 3.63) is 24.8 Å². The van der Waals surface area contributed by atoms with E-state index >= 15 is 0 Å². The molecule has 0 amide bonds. The average molecular weight is 335 g/mol. The second kappa shape index (κ2) is 11.3. The van der Waals surface area contributed by atoms with Gasteiger partial charge in [0, 0.05) is 52.0 Å². The highest BCUT2D eigenvalue weighted by atomic mass is 15.3. The molecule has 0 N–H and O–H groups in total. The van der Waals surface area contributed by atoms with Gasteiger partial charge in [0.25, 0.3) is 0 Å². The Morgan fingerprint density at radius 1 is 0.500 bits per heavy atom. The second-order valence-electron chi connectivity index (χ2n) is 7.55. The molecule has 4 heteroatoms. The van der Waals surface area contributed by atoms with Gasteiger partial charge >= 0.3 is 0 Å². The van der Waals surface area contributed by atoms with E-state index in [2.05, 4.69) is 58.5 Å². The highest BCUT2D eigenvalue weighted by Crippen LogP contribution is 2.13. The summed E-state index contributed by atoms with van der Waals surface area (Å²) < 4.78 is 0. The topological polar surface area (TPSA) is 13.0 Å². The standard InChI is InChI=1S/C20H38N4/c1-21-15-17-23(19-21)13-11-9-7-5-3-4-6-8-10-12-14-24-18-16-22(2)20-24/h15-18H,3-14,19-20H2,1-2H3. The minimum Gasteiger partial charge on any atom is -0.362 e. The van der Waals surface area contributed by atoms with Gasteiger partial charge in [-0.2, -0.15) is 0 Å². The highest BCUT2D eigenvalue weighted by molar-refractivity contribution is 4.88. The summed E-state index contributed by atoms with van der Waals surface area (Å²) in [4.78, 5) is 9.30. The molecule has 0 saturated carbocycles. The molecule has 2 aliphatic heterocycles. The van der Waals surface area contributed by atoms with Crippen LogP contribution in [0.3, 0.4) is 0 Å². The molecule has 0 aromatic heterocycles. The van der Waals surface area contributed by atoms with Crippen LogP contribution in [-0.2, 0) is 0 Å². The summed E-state index contributed by atoms with van der Waals surface area (Å²) >= 11 is 0. The number of rotatable bonds is 13. The van der Waals surface area contributed by atoms with Crippen molar-refractivity contribution in [2.45, 2.75) is 64.2 Å². The van der Waals surface area contributed by atoms with Gasteiger partial charge in [-0.1, -0.05) is 51.4 Å². The van der Waals surface area contributed by atoms with Gasteiger partial charge in [0.2, 0.25) is 0 Å². The molecule has 2 rings (SSSR count). The SMILES string of the molecule is CN1C=CN(CCCCCCCCCCCCN2C=CN(C)C2)C1. The molecular weight excluding hydrogens is 296 g/mol. The molecule has 138 valence electrons. The Balaban J connectivity index is 1.26. The van der Waals surface area contributed by atoms with E-state index in [1.165, 1.54) is 77.3 Å². The maximum atomic E-state index is 2.41. The maximum absolute atomic E-state index is 2.41. The zero-order valence-corrected chi connectivity index (χ0v) is 16.0. The van der Waals surface area contributed by atoms with E-state index in [1.807, 2.05) is 0 Å². The van der Waals surface area contributed by atoms with E-state index in [0.29, 0.717) is 0 Å². The van der Waals surface area contributed by atoms with Crippen molar-refractivity contribution >= 4 is 0 Å². The third-order valence-corrected chi connectivity index (χ3v) is 5.01. The molecule has 2 heterocycles. The molecule has 0 fully saturated rings. The number of nitrogens with zero attached hydrogens (tertiary/aromatic N) is 4. The molecule has 0 aromatic rings. The van der Waals surface area contributed by atoms with Crippen LogP contribution in [0, 0.1) is 0 Å². The summed E-state index contributed by atoms with van der Waals surface area (Å²) in [6.45, 7) is 4.60. The van der Waals surface area contributed by atoms with Crippen molar-refractivity contribution in [1.29, 1.82) is 0 Å². The Kier molecular flexibility index (Phi) is 8.93. The van der Waals surface area contributed by atoms with Crippen LogP contribution in [-0.4, -0.2) is 60.1 Å². The summed E-state index contributed by atoms with van der Waals surface area (Å²) in [6.07, 6.45) is 22.8. The molecule has 0 bridgehead atoms. The zero-order chi connectivity index (χ0) is 17.0. The van der Waals surface area contributed by atoms with Gasteiger partial charge in [0.15, 0.2) is 0 Å². The lowest BCUT2D eigenvalue weighted by molar-refractivity contribution is 0.290. The smallest absolute Gasteiger partial charge is 0.0890 e. The van der Waals surface area contributed by atoms with E-state index in [9.17, 15) is 0 Å². The second-order valence-corrected chi connectivity index (χ2v) is 7.55. The summed E-state index contributed by atoms with van der Waals surface area (Å²) in [6, 6.07) is 0. The summed E-state index contributed by atoms with van der Waals surface area (Å²) in [5.74, 6) is 0. The molecule has 0 atom stereocenters. The van der Waals surface area contributed by atoms with Gasteiger partial charge in [-0.15, -0.1) is 0 Å². The summed E-state index contributed by atoms with van der Waals surface area (Å²) in [5.41, 5.74) is 0. The molecule has 0 aromatic carbocycles. The Morgan fingerprint density at radius 3 is 1.12 bits per heavy atom. The molecule has 0 saturated heterocycles. The lowest BCUT2D eigenvalue weighted by Gasteiger charge is -2.17. The third-order valence-electron chi connectivity index (χ3n) is 5.01. The minimum atomic E-state index is 1.07. The van der Waals surface area contributed by atoms with Crippen LogP contribution in [0.2, 0.25) is 0 Å². The molecule has 4 nitrogen and oxygen atoms in total. The van der Waals surface area contributed by atoms with Crippen LogP contribution >= 0.6 is 0 Å². The quantitative estimate of drug-likeness (QED) is 0.467. The van der Waals surface area contributed by atoms with Crippen LogP contribution < -0.4 is 0 Å². The van der Waals surface area contributed by atoms with E-state index in [-0.39, 0.29) is 0 Å². The molecule has 24 heavy (non-hydrogen) atoms. The lowest BCUT2D eigenvalue weighted by Crippen LogP contribution is -2.23. The van der Waals surface area contributed by atoms with Crippen LogP contribution in [0.4, 0.5) is 0 Å². The normalized spacial score (nSPS) is 16.9. The Labute approximate surface area is 149 Å². The molecule has 0 aliphatic carbocycles. The van der Waals surface area contributed by atoms with E-state index in [1.54, 1.807) is 0 Å². The summed E-state index contributed by atoms with van der Waals surface area (Å²) in [5, 5.41) is 0. The first-order chi connectivity index (χ1) is 11.7. The first-order valence-corrected chi connectivity index (χ1v) is 9.99. The molecular formula is C20H38N4. The molecule has 0 spiro atoms. The predicted octanol–water partition coefficient (Wildman–Crippen LogP) is 4.24. The van der Waals surface area contributed by atoms with Gasteiger partial charge in [0.1, 0.15) is 0 Å². The van der Waals surface area contributed by atoms with Crippen molar-refractivity contribution < 1.29 is 0 Å². The first kappa shape index (κ1) is 19.0. The maximum Gasteiger partial charge on any atom is 0.0890 e. The van der Waals surface area contributed by atoms with Crippen LogP contribution in [0.25, 0.3) is 0 Å². The zero-order valence-electron chi connectivity index (χ0n) is 16.0. The minimum absolute atomic E-state index is 1.07. The van der Waals surface area contributed by atoms with Gasteiger partial charge in [0.05, 0.1) is 13.3 Å². The average Bonchev–Trinajstić information content (AvgIpc) is 3.17. The first-order valence-electron chi connectivity index (χ1n) is 9.99. The van der Waals surface area contributed by atoms with Crippen LogP contribution in [0.1, 0.15) is 64.2 Å². The van der Waals surface area contributed by atoms with Crippen molar-refractivity contribution in [3.8, 4) is 0 Å². The number of hydrogen-bond acceptors (Lipinski definition) is 4. The fourth-order valence-corrected chi connectivity index (χ4v) is 3.51. The molecule has 2 aliphatic rings. The van der Waals surface area contributed by atoms with Crippen molar-refractivity contribution in [3.63, 3.8) is 0 Å². The number of hydrogen-bond donors (Lipinski definition) is 0. The molecule has 0 unspecified atom stereocenters. The van der Waals surface area contributed by atoms with Gasteiger partial charge in [-0.05, 0) is 12.8 Å². The van der Waals surface area contributed by atoms with Crippen LogP contribution in [0.15, 0.2) is 24.8 Å². The van der Waals surface area contributed by atoms with Gasteiger partial charge < -0.3 is 19.6 Å². The van der Waals surface area contributed by atoms with Crippen molar-refractivity contribution in [1.82, 2.24) is 19.6 Å². The Morgan fingerprint density at radius 2 is 0.833 bits per heavy atom. The third kappa shape index (κ3) is 7.98. The molecule has 0 radical (unpaired) electrons. The van der Waals surface area contributed by atoms with Crippen molar-refractivity contribution in [2.24, 2.45) is 0 Å². The van der Waals surface area contributed by atoms with Crippen molar-refractivity contribution in [2.75, 3.05) is 40.5 Å². The number of unbranched alkanes of at least 4 members (excludes halogenated alkanes) is 9. The largest absolute Gasteiger partial charge is 0.362 e. The van der Waals surface area contributed by atoms with E-state index in [4.69, 9.17) is 0 Å². The fourth-order valence-electron chi connectivity index (χ4n) is 3.51. The Hall–Kier alpha value is -1.32. The monoisotopic (exact) mass is 334 g/mol. The van der Waals surface area contributed by atoms with Gasteiger partial charge in [-0.3, -0.25) is 0 Å². The Bertz CT molecular complexity index is 344. The lowest BCUT2D eigenvalue weighted by atomic mass is 10.1.